The van der Waals surface area contributed by atoms with Crippen molar-refractivity contribution >= 4 is 21.6 Å². The molecule has 0 saturated carbocycles. The second-order valence-corrected chi connectivity index (χ2v) is 6.58. The molecule has 1 aromatic carbocycles. The van der Waals surface area contributed by atoms with Crippen LogP contribution < -0.4 is 10.0 Å². The van der Waals surface area contributed by atoms with E-state index in [-0.39, 0.29) is 5.91 Å². The van der Waals surface area contributed by atoms with Crippen LogP contribution in [0.15, 0.2) is 24.3 Å². The third-order valence-corrected chi connectivity index (χ3v) is 3.13. The Labute approximate surface area is 120 Å². The third kappa shape index (κ3) is 6.03. The van der Waals surface area contributed by atoms with Gasteiger partial charge in [0.1, 0.15) is 0 Å². The smallest absolute Gasteiger partial charge is 0.253 e. The van der Waals surface area contributed by atoms with Crippen molar-refractivity contribution in [2.75, 3.05) is 38.2 Å². The van der Waals surface area contributed by atoms with Crippen molar-refractivity contribution in [1.29, 1.82) is 0 Å². The maximum atomic E-state index is 12.0. The van der Waals surface area contributed by atoms with Crippen LogP contribution in [-0.4, -0.2) is 52.7 Å². The van der Waals surface area contributed by atoms with E-state index in [4.69, 9.17) is 0 Å². The molecule has 0 radical (unpaired) electrons. The number of anilines is 1. The summed E-state index contributed by atoms with van der Waals surface area (Å²) in [7, 11) is 0.525. The lowest BCUT2D eigenvalue weighted by Gasteiger charge is -2.12. The van der Waals surface area contributed by atoms with Crippen LogP contribution in [0.25, 0.3) is 0 Å². The minimum Gasteiger partial charge on any atom is -0.352 e. The molecule has 0 aliphatic rings. The SMILES string of the molecule is CN(C)CCCNC(=O)c1ccccc1NS(C)(=O)=O. The van der Waals surface area contributed by atoms with Gasteiger partial charge >= 0.3 is 0 Å². The molecule has 0 saturated heterocycles. The predicted molar refractivity (Wildman–Crippen MR) is 80.4 cm³/mol. The van der Waals surface area contributed by atoms with E-state index in [0.29, 0.717) is 17.8 Å². The highest BCUT2D eigenvalue weighted by molar-refractivity contribution is 7.92. The molecule has 0 unspecified atom stereocenters. The highest BCUT2D eigenvalue weighted by atomic mass is 32.2. The second-order valence-electron chi connectivity index (χ2n) is 4.83. The van der Waals surface area contributed by atoms with Crippen molar-refractivity contribution in [1.82, 2.24) is 10.2 Å². The molecule has 0 aliphatic heterocycles. The molecular formula is C13H21N3O3S. The number of hydrogen-bond acceptors (Lipinski definition) is 4. The quantitative estimate of drug-likeness (QED) is 0.728. The van der Waals surface area contributed by atoms with Crippen molar-refractivity contribution in [3.8, 4) is 0 Å². The zero-order valence-corrected chi connectivity index (χ0v) is 12.8. The molecule has 1 amide bonds. The van der Waals surface area contributed by atoms with E-state index in [0.717, 1.165) is 19.2 Å². The van der Waals surface area contributed by atoms with E-state index >= 15 is 0 Å². The van der Waals surface area contributed by atoms with Gasteiger partial charge in [0.2, 0.25) is 10.0 Å². The molecule has 1 rings (SSSR count). The van der Waals surface area contributed by atoms with E-state index in [1.165, 1.54) is 0 Å². The number of nitrogens with one attached hydrogen (secondary N) is 2. The molecule has 7 heteroatoms. The Hall–Kier alpha value is -1.60. The number of sulfonamides is 1. The Bertz CT molecular complexity index is 556. The molecule has 0 fully saturated rings. The van der Waals surface area contributed by atoms with Gasteiger partial charge in [-0.25, -0.2) is 8.42 Å². The Balaban J connectivity index is 2.68. The Morgan fingerprint density at radius 2 is 1.90 bits per heavy atom. The van der Waals surface area contributed by atoms with Gasteiger partial charge in [-0.05, 0) is 39.2 Å². The summed E-state index contributed by atoms with van der Waals surface area (Å²) in [5, 5.41) is 2.78. The number of rotatable bonds is 7. The van der Waals surface area contributed by atoms with Crippen LogP contribution in [0.1, 0.15) is 16.8 Å². The molecule has 0 aliphatic carbocycles. The first-order valence-electron chi connectivity index (χ1n) is 6.29. The van der Waals surface area contributed by atoms with Gasteiger partial charge in [-0.2, -0.15) is 0 Å². The zero-order valence-electron chi connectivity index (χ0n) is 12.0. The van der Waals surface area contributed by atoms with E-state index in [1.807, 2.05) is 19.0 Å². The maximum Gasteiger partial charge on any atom is 0.253 e. The summed E-state index contributed by atoms with van der Waals surface area (Å²) >= 11 is 0. The number of hydrogen-bond donors (Lipinski definition) is 2. The Morgan fingerprint density at radius 1 is 1.25 bits per heavy atom. The standard InChI is InChI=1S/C13H21N3O3S/c1-16(2)10-6-9-14-13(17)11-7-4-5-8-12(11)15-20(3,18)19/h4-5,7-8,15H,6,9-10H2,1-3H3,(H,14,17). The number of amides is 1. The monoisotopic (exact) mass is 299 g/mol. The van der Waals surface area contributed by atoms with Crippen LogP contribution in [0, 0.1) is 0 Å². The van der Waals surface area contributed by atoms with Gasteiger partial charge in [-0.3, -0.25) is 9.52 Å². The number of benzene rings is 1. The summed E-state index contributed by atoms with van der Waals surface area (Å²) in [4.78, 5) is 14.1. The largest absolute Gasteiger partial charge is 0.352 e. The summed E-state index contributed by atoms with van der Waals surface area (Å²) in [5.41, 5.74) is 0.614. The van der Waals surface area contributed by atoms with Gasteiger partial charge in [-0.1, -0.05) is 12.1 Å². The van der Waals surface area contributed by atoms with Crippen molar-refractivity contribution < 1.29 is 13.2 Å². The number of para-hydroxylation sites is 1. The van der Waals surface area contributed by atoms with Crippen molar-refractivity contribution in [3.05, 3.63) is 29.8 Å². The van der Waals surface area contributed by atoms with Crippen molar-refractivity contribution in [3.63, 3.8) is 0 Å². The Morgan fingerprint density at radius 3 is 2.50 bits per heavy atom. The fraction of sp³-hybridized carbons (Fsp3) is 0.462. The fourth-order valence-electron chi connectivity index (χ4n) is 1.66. The average molecular weight is 299 g/mol. The normalized spacial score (nSPS) is 11.4. The lowest BCUT2D eigenvalue weighted by molar-refractivity contribution is 0.0953. The van der Waals surface area contributed by atoms with E-state index < -0.39 is 10.0 Å². The first-order chi connectivity index (χ1) is 9.29. The van der Waals surface area contributed by atoms with Crippen LogP contribution in [0.4, 0.5) is 5.69 Å². The minimum absolute atomic E-state index is 0.282. The average Bonchev–Trinajstić information content (AvgIpc) is 2.33. The minimum atomic E-state index is -3.41. The van der Waals surface area contributed by atoms with Crippen LogP contribution in [0.3, 0.4) is 0 Å². The second kappa shape index (κ2) is 7.25. The topological polar surface area (TPSA) is 78.5 Å². The third-order valence-electron chi connectivity index (χ3n) is 2.53. The molecule has 20 heavy (non-hydrogen) atoms. The van der Waals surface area contributed by atoms with Crippen LogP contribution in [0.5, 0.6) is 0 Å². The highest BCUT2D eigenvalue weighted by Crippen LogP contribution is 2.15. The highest BCUT2D eigenvalue weighted by Gasteiger charge is 2.12. The number of carbonyl (C=O) groups excluding carboxylic acids is 1. The van der Waals surface area contributed by atoms with E-state index in [1.54, 1.807) is 24.3 Å². The van der Waals surface area contributed by atoms with Gasteiger partial charge in [0.25, 0.3) is 5.91 Å². The Kier molecular flexibility index (Phi) is 5.97. The molecule has 0 bridgehead atoms. The summed E-state index contributed by atoms with van der Waals surface area (Å²) in [6.07, 6.45) is 1.89. The number of carbonyl (C=O) groups is 1. The fourth-order valence-corrected chi connectivity index (χ4v) is 2.24. The van der Waals surface area contributed by atoms with Gasteiger partial charge in [0, 0.05) is 6.54 Å². The van der Waals surface area contributed by atoms with Crippen LogP contribution >= 0.6 is 0 Å². The summed E-state index contributed by atoms with van der Waals surface area (Å²) in [5.74, 6) is -0.282. The molecule has 2 N–H and O–H groups in total. The summed E-state index contributed by atoms with van der Waals surface area (Å²) in [6.45, 7) is 1.42. The summed E-state index contributed by atoms with van der Waals surface area (Å²) in [6, 6.07) is 6.53. The van der Waals surface area contributed by atoms with Gasteiger partial charge in [0.15, 0.2) is 0 Å². The zero-order chi connectivity index (χ0) is 15.2. The first-order valence-corrected chi connectivity index (χ1v) is 8.18. The van der Waals surface area contributed by atoms with Crippen molar-refractivity contribution in [2.24, 2.45) is 0 Å². The predicted octanol–water partition coefficient (Wildman–Crippen LogP) is 0.740. The van der Waals surface area contributed by atoms with Gasteiger partial charge in [-0.15, -0.1) is 0 Å². The molecule has 0 atom stereocenters. The van der Waals surface area contributed by atoms with E-state index in [2.05, 4.69) is 10.0 Å². The summed E-state index contributed by atoms with van der Waals surface area (Å²) < 4.78 is 24.9. The molecule has 6 nitrogen and oxygen atoms in total. The van der Waals surface area contributed by atoms with Gasteiger partial charge in [0.05, 0.1) is 17.5 Å². The molecule has 0 aromatic heterocycles. The maximum absolute atomic E-state index is 12.0. The molecule has 1 aromatic rings. The molecule has 0 spiro atoms. The molecule has 0 heterocycles. The molecule has 112 valence electrons. The van der Waals surface area contributed by atoms with Crippen LogP contribution in [-0.2, 0) is 10.0 Å². The van der Waals surface area contributed by atoms with Crippen LogP contribution in [0.2, 0.25) is 0 Å². The van der Waals surface area contributed by atoms with Gasteiger partial charge < -0.3 is 10.2 Å². The first kappa shape index (κ1) is 16.5. The molecular weight excluding hydrogens is 278 g/mol. The van der Waals surface area contributed by atoms with Crippen molar-refractivity contribution in [2.45, 2.75) is 6.42 Å². The lowest BCUT2D eigenvalue weighted by Crippen LogP contribution is -2.28. The lowest BCUT2D eigenvalue weighted by atomic mass is 10.1. The number of nitrogens with zero attached hydrogens (tertiary/aromatic N) is 1. The van der Waals surface area contributed by atoms with E-state index in [9.17, 15) is 13.2 Å².